The quantitative estimate of drug-likeness (QED) is 0.756. The topological polar surface area (TPSA) is 12.0 Å². The largest absolute Gasteiger partial charge is 0.310 e. The fourth-order valence-electron chi connectivity index (χ4n) is 1.31. The average molecular weight is 183 g/mol. The Bertz CT molecular complexity index is 229. The summed E-state index contributed by atoms with van der Waals surface area (Å²) >= 11 is 1.83. The summed E-state index contributed by atoms with van der Waals surface area (Å²) in [5, 5.41) is 5.64. The van der Waals surface area contributed by atoms with Gasteiger partial charge in [0, 0.05) is 10.9 Å². The minimum absolute atomic E-state index is 0.510. The minimum atomic E-state index is 0.510. The van der Waals surface area contributed by atoms with E-state index in [2.05, 4.69) is 37.5 Å². The van der Waals surface area contributed by atoms with Crippen LogP contribution in [0.5, 0.6) is 0 Å². The first-order valence-corrected chi connectivity index (χ1v) is 5.41. The maximum atomic E-state index is 3.48. The molecule has 1 aromatic rings. The molecule has 12 heavy (non-hydrogen) atoms. The van der Waals surface area contributed by atoms with Crippen molar-refractivity contribution in [1.82, 2.24) is 5.32 Å². The predicted molar refractivity (Wildman–Crippen MR) is 55.8 cm³/mol. The molecule has 0 aliphatic carbocycles. The lowest BCUT2D eigenvalue weighted by Crippen LogP contribution is -2.19. The van der Waals surface area contributed by atoms with Crippen LogP contribution in [0, 0.1) is 6.92 Å². The van der Waals surface area contributed by atoms with Crippen molar-refractivity contribution >= 4 is 11.3 Å². The second-order valence-corrected chi connectivity index (χ2v) is 4.23. The Labute approximate surface area is 78.8 Å². The highest BCUT2D eigenvalue weighted by Gasteiger charge is 2.06. The second kappa shape index (κ2) is 4.63. The summed E-state index contributed by atoms with van der Waals surface area (Å²) in [6, 6.07) is 2.73. The van der Waals surface area contributed by atoms with E-state index in [0.717, 1.165) is 6.54 Å². The molecule has 2 heteroatoms. The summed E-state index contributed by atoms with van der Waals surface area (Å²) in [5.74, 6) is 0. The van der Waals surface area contributed by atoms with Crippen molar-refractivity contribution in [3.63, 3.8) is 0 Å². The Morgan fingerprint density at radius 1 is 1.58 bits per heavy atom. The van der Waals surface area contributed by atoms with Gasteiger partial charge < -0.3 is 5.32 Å². The molecule has 0 aromatic carbocycles. The van der Waals surface area contributed by atoms with E-state index in [4.69, 9.17) is 0 Å². The first-order valence-electron chi connectivity index (χ1n) is 4.53. The molecule has 1 N–H and O–H groups in total. The molecule has 1 atom stereocenters. The van der Waals surface area contributed by atoms with E-state index >= 15 is 0 Å². The normalized spacial score (nSPS) is 13.2. The zero-order chi connectivity index (χ0) is 8.97. The van der Waals surface area contributed by atoms with Crippen LogP contribution in [0.2, 0.25) is 0 Å². The molecular weight excluding hydrogens is 166 g/mol. The summed E-state index contributed by atoms with van der Waals surface area (Å²) in [7, 11) is 0. The lowest BCUT2D eigenvalue weighted by Gasteiger charge is -2.12. The molecule has 0 radical (unpaired) electrons. The molecule has 0 fully saturated rings. The van der Waals surface area contributed by atoms with Crippen molar-refractivity contribution in [3.8, 4) is 0 Å². The van der Waals surface area contributed by atoms with Gasteiger partial charge >= 0.3 is 0 Å². The molecule has 0 saturated carbocycles. The van der Waals surface area contributed by atoms with Crippen molar-refractivity contribution in [2.45, 2.75) is 33.2 Å². The molecule has 1 heterocycles. The predicted octanol–water partition coefficient (Wildman–Crippen LogP) is 3.12. The Balaban J connectivity index is 2.52. The third-order valence-electron chi connectivity index (χ3n) is 2.07. The number of rotatable bonds is 4. The highest BCUT2D eigenvalue weighted by molar-refractivity contribution is 7.10. The maximum Gasteiger partial charge on any atom is 0.0302 e. The van der Waals surface area contributed by atoms with Crippen LogP contribution in [0.25, 0.3) is 0 Å². The Kier molecular flexibility index (Phi) is 3.76. The number of hydrogen-bond donors (Lipinski definition) is 1. The molecule has 1 nitrogen and oxygen atoms in total. The fraction of sp³-hybridized carbons (Fsp3) is 0.600. The smallest absolute Gasteiger partial charge is 0.0302 e. The van der Waals surface area contributed by atoms with Crippen molar-refractivity contribution in [3.05, 3.63) is 21.9 Å². The number of aryl methyl sites for hydroxylation is 1. The highest BCUT2D eigenvalue weighted by Crippen LogP contribution is 2.21. The molecule has 1 aromatic heterocycles. The van der Waals surface area contributed by atoms with Gasteiger partial charge in [0.25, 0.3) is 0 Å². The Morgan fingerprint density at radius 2 is 2.33 bits per heavy atom. The highest BCUT2D eigenvalue weighted by atomic mass is 32.1. The monoisotopic (exact) mass is 183 g/mol. The van der Waals surface area contributed by atoms with Gasteiger partial charge in [-0.15, -0.1) is 11.3 Å². The maximum absolute atomic E-state index is 3.48. The molecule has 0 bridgehead atoms. The first-order chi connectivity index (χ1) is 5.75. The second-order valence-electron chi connectivity index (χ2n) is 3.11. The Hall–Kier alpha value is -0.340. The van der Waals surface area contributed by atoms with Gasteiger partial charge in [-0.25, -0.2) is 0 Å². The number of nitrogens with one attached hydrogen (secondary N) is 1. The van der Waals surface area contributed by atoms with E-state index in [-0.39, 0.29) is 0 Å². The van der Waals surface area contributed by atoms with Crippen LogP contribution < -0.4 is 5.32 Å². The van der Waals surface area contributed by atoms with Gasteiger partial charge in [0.05, 0.1) is 0 Å². The van der Waals surface area contributed by atoms with Gasteiger partial charge in [-0.1, -0.05) is 6.92 Å². The number of thiophene rings is 1. The van der Waals surface area contributed by atoms with E-state index in [1.54, 1.807) is 0 Å². The van der Waals surface area contributed by atoms with Gasteiger partial charge in [-0.2, -0.15) is 0 Å². The molecule has 1 rings (SSSR count). The van der Waals surface area contributed by atoms with E-state index in [9.17, 15) is 0 Å². The third-order valence-corrected chi connectivity index (χ3v) is 2.93. The summed E-state index contributed by atoms with van der Waals surface area (Å²) in [5.41, 5.74) is 1.45. The standard InChI is InChI=1S/C10H17NS/c1-4-6-11-8(2)10-5-7-12-9(10)3/h5,7-8,11H,4,6H2,1-3H3. The summed E-state index contributed by atoms with van der Waals surface area (Å²) in [6.45, 7) is 7.71. The van der Waals surface area contributed by atoms with E-state index < -0.39 is 0 Å². The van der Waals surface area contributed by atoms with Crippen LogP contribution in [0.1, 0.15) is 36.8 Å². The van der Waals surface area contributed by atoms with Crippen LogP contribution >= 0.6 is 11.3 Å². The SMILES string of the molecule is CCCNC(C)c1ccsc1C. The minimum Gasteiger partial charge on any atom is -0.310 e. The molecular formula is C10H17NS. The third kappa shape index (κ3) is 2.32. The lowest BCUT2D eigenvalue weighted by atomic mass is 10.1. The van der Waals surface area contributed by atoms with Gasteiger partial charge in [0.15, 0.2) is 0 Å². The molecule has 0 aliphatic rings. The van der Waals surface area contributed by atoms with Crippen molar-refractivity contribution < 1.29 is 0 Å². The summed E-state index contributed by atoms with van der Waals surface area (Å²) < 4.78 is 0. The molecule has 1 unspecified atom stereocenters. The van der Waals surface area contributed by atoms with Gasteiger partial charge in [-0.05, 0) is 43.8 Å². The van der Waals surface area contributed by atoms with E-state index in [1.165, 1.54) is 16.9 Å². The fourth-order valence-corrected chi connectivity index (χ4v) is 2.11. The van der Waals surface area contributed by atoms with Gasteiger partial charge in [-0.3, -0.25) is 0 Å². The molecule has 68 valence electrons. The molecule has 0 aliphatic heterocycles. The zero-order valence-corrected chi connectivity index (χ0v) is 8.87. The van der Waals surface area contributed by atoms with E-state index in [0.29, 0.717) is 6.04 Å². The van der Waals surface area contributed by atoms with Crippen LogP contribution in [0.3, 0.4) is 0 Å². The van der Waals surface area contributed by atoms with Gasteiger partial charge in [0.1, 0.15) is 0 Å². The van der Waals surface area contributed by atoms with Crippen LogP contribution in [-0.4, -0.2) is 6.54 Å². The summed E-state index contributed by atoms with van der Waals surface area (Å²) in [4.78, 5) is 1.44. The molecule has 0 spiro atoms. The zero-order valence-electron chi connectivity index (χ0n) is 8.05. The first kappa shape index (κ1) is 9.75. The van der Waals surface area contributed by atoms with Crippen LogP contribution in [0.4, 0.5) is 0 Å². The van der Waals surface area contributed by atoms with E-state index in [1.807, 2.05) is 11.3 Å². The Morgan fingerprint density at radius 3 is 2.83 bits per heavy atom. The van der Waals surface area contributed by atoms with Crippen LogP contribution in [-0.2, 0) is 0 Å². The van der Waals surface area contributed by atoms with Crippen molar-refractivity contribution in [2.75, 3.05) is 6.54 Å². The lowest BCUT2D eigenvalue weighted by molar-refractivity contribution is 0.570. The number of hydrogen-bond acceptors (Lipinski definition) is 2. The van der Waals surface area contributed by atoms with Crippen molar-refractivity contribution in [2.24, 2.45) is 0 Å². The average Bonchev–Trinajstić information content (AvgIpc) is 2.47. The molecule has 0 saturated heterocycles. The molecule has 0 amide bonds. The van der Waals surface area contributed by atoms with Crippen molar-refractivity contribution in [1.29, 1.82) is 0 Å². The van der Waals surface area contributed by atoms with Crippen LogP contribution in [0.15, 0.2) is 11.4 Å². The summed E-state index contributed by atoms with van der Waals surface area (Å²) in [6.07, 6.45) is 1.20. The van der Waals surface area contributed by atoms with Gasteiger partial charge in [0.2, 0.25) is 0 Å².